The largest absolute Gasteiger partial charge is 0.490 e. The SMILES string of the molecule is CO/N=C(\C(=O)NC1(CN)C(=O)N2C(C(=O)O)=CCS[C@H]21)c1csc(N)n1.O=C(O)C(F)(F)F. The van der Waals surface area contributed by atoms with Gasteiger partial charge in [-0.1, -0.05) is 5.16 Å². The first-order valence-corrected chi connectivity index (χ1v) is 10.8. The monoisotopic (exact) mass is 526 g/mol. The van der Waals surface area contributed by atoms with Crippen molar-refractivity contribution < 1.29 is 47.4 Å². The number of hydrogen-bond donors (Lipinski definition) is 5. The molecule has 0 saturated carbocycles. The zero-order valence-electron chi connectivity index (χ0n) is 17.0. The van der Waals surface area contributed by atoms with Crippen LogP contribution in [0.25, 0.3) is 0 Å². The second kappa shape index (κ2) is 10.3. The van der Waals surface area contributed by atoms with E-state index in [0.717, 1.165) is 16.2 Å². The maximum atomic E-state index is 12.8. The van der Waals surface area contributed by atoms with Gasteiger partial charge in [0, 0.05) is 17.7 Å². The highest BCUT2D eigenvalue weighted by Gasteiger charge is 2.64. The van der Waals surface area contributed by atoms with Crippen molar-refractivity contribution in [1.82, 2.24) is 15.2 Å². The number of hydrogen-bond acceptors (Lipinski definition) is 11. The zero-order valence-corrected chi connectivity index (χ0v) is 18.7. The fourth-order valence-corrected chi connectivity index (χ4v) is 4.73. The van der Waals surface area contributed by atoms with Gasteiger partial charge in [-0.05, 0) is 6.08 Å². The minimum absolute atomic E-state index is 0.125. The van der Waals surface area contributed by atoms with Gasteiger partial charge in [0.05, 0.1) is 0 Å². The summed E-state index contributed by atoms with van der Waals surface area (Å²) in [4.78, 5) is 55.6. The lowest BCUT2D eigenvalue weighted by Crippen LogP contribution is -2.82. The number of thiazole rings is 1. The summed E-state index contributed by atoms with van der Waals surface area (Å²) in [6, 6.07) is 0. The average Bonchev–Trinajstić information content (AvgIpc) is 3.20. The van der Waals surface area contributed by atoms with Crippen LogP contribution in [0.2, 0.25) is 0 Å². The van der Waals surface area contributed by atoms with Crippen molar-refractivity contribution in [3.05, 3.63) is 22.8 Å². The molecule has 0 aromatic carbocycles. The number of rotatable bonds is 6. The molecule has 0 radical (unpaired) electrons. The van der Waals surface area contributed by atoms with Gasteiger partial charge >= 0.3 is 18.1 Å². The summed E-state index contributed by atoms with van der Waals surface area (Å²) >= 11 is 2.42. The van der Waals surface area contributed by atoms with E-state index in [9.17, 15) is 32.7 Å². The third-order valence-corrected chi connectivity index (χ3v) is 6.29. The number of carbonyl (C=O) groups is 4. The van der Waals surface area contributed by atoms with Crippen LogP contribution in [-0.2, 0) is 24.0 Å². The Morgan fingerprint density at radius 1 is 1.41 bits per heavy atom. The molecule has 0 bridgehead atoms. The number of amides is 2. The van der Waals surface area contributed by atoms with Crippen molar-refractivity contribution in [2.75, 3.05) is 25.1 Å². The molecular weight excluding hydrogens is 509 g/mol. The second-order valence-electron chi connectivity index (χ2n) is 6.38. The summed E-state index contributed by atoms with van der Waals surface area (Å²) in [5.41, 5.74) is 9.84. The van der Waals surface area contributed by atoms with E-state index >= 15 is 0 Å². The molecule has 13 nitrogen and oxygen atoms in total. The van der Waals surface area contributed by atoms with Gasteiger partial charge in [-0.25, -0.2) is 14.6 Å². The van der Waals surface area contributed by atoms with Gasteiger partial charge in [-0.3, -0.25) is 14.5 Å². The number of nitrogens with one attached hydrogen (secondary N) is 1. The summed E-state index contributed by atoms with van der Waals surface area (Å²) in [6.07, 6.45) is -3.64. The lowest BCUT2D eigenvalue weighted by atomic mass is 9.86. The minimum Gasteiger partial charge on any atom is -0.477 e. The number of anilines is 1. The summed E-state index contributed by atoms with van der Waals surface area (Å²) in [6.45, 7) is -0.210. The van der Waals surface area contributed by atoms with E-state index in [4.69, 9.17) is 26.2 Å². The molecule has 1 fully saturated rings. The van der Waals surface area contributed by atoms with Crippen LogP contribution in [-0.4, -0.2) is 86.1 Å². The second-order valence-corrected chi connectivity index (χ2v) is 8.38. The van der Waals surface area contributed by atoms with Crippen LogP contribution in [0.1, 0.15) is 5.69 Å². The first-order chi connectivity index (χ1) is 15.8. The predicted molar refractivity (Wildman–Crippen MR) is 113 cm³/mol. The fraction of sp³-hybridized carbons (Fsp3) is 0.375. The molecule has 2 atom stereocenters. The van der Waals surface area contributed by atoms with Crippen molar-refractivity contribution in [3.8, 4) is 0 Å². The number of nitrogens with zero attached hydrogens (tertiary/aromatic N) is 3. The van der Waals surface area contributed by atoms with Gasteiger partial charge in [0.25, 0.3) is 11.8 Å². The Kier molecular flexibility index (Phi) is 8.11. The molecule has 1 aromatic rings. The topological polar surface area (TPSA) is 211 Å². The van der Waals surface area contributed by atoms with Crippen LogP contribution in [0.4, 0.5) is 18.3 Å². The molecular formula is C16H17F3N6O7S2. The average molecular weight is 526 g/mol. The van der Waals surface area contributed by atoms with Crippen LogP contribution in [0, 0.1) is 0 Å². The number of aliphatic carboxylic acids is 2. The number of aromatic nitrogens is 1. The smallest absolute Gasteiger partial charge is 0.477 e. The summed E-state index contributed by atoms with van der Waals surface area (Å²) in [5.74, 6) is -4.93. The number of halogens is 3. The van der Waals surface area contributed by atoms with Crippen molar-refractivity contribution in [1.29, 1.82) is 0 Å². The zero-order chi connectivity index (χ0) is 25.8. The van der Waals surface area contributed by atoms with Gasteiger partial charge in [-0.2, -0.15) is 13.2 Å². The molecule has 2 aliphatic rings. The number of nitrogens with two attached hydrogens (primary N) is 2. The van der Waals surface area contributed by atoms with E-state index < -0.39 is 40.8 Å². The third-order valence-electron chi connectivity index (χ3n) is 4.33. The highest BCUT2D eigenvalue weighted by Crippen LogP contribution is 2.43. The maximum Gasteiger partial charge on any atom is 0.490 e. The van der Waals surface area contributed by atoms with Crippen LogP contribution >= 0.6 is 23.1 Å². The number of carboxylic acid groups (broad SMARTS) is 2. The summed E-state index contributed by atoms with van der Waals surface area (Å²) in [7, 11) is 1.26. The number of alkyl halides is 3. The van der Waals surface area contributed by atoms with E-state index in [1.54, 1.807) is 0 Å². The first-order valence-electron chi connectivity index (χ1n) is 8.84. The molecule has 2 aliphatic heterocycles. The van der Waals surface area contributed by atoms with Crippen molar-refractivity contribution in [2.24, 2.45) is 10.9 Å². The Labute approximate surface area is 196 Å². The van der Waals surface area contributed by atoms with E-state index in [-0.39, 0.29) is 28.8 Å². The number of nitrogen functional groups attached to an aromatic ring is 1. The molecule has 1 unspecified atom stereocenters. The van der Waals surface area contributed by atoms with Crippen LogP contribution in [0.15, 0.2) is 22.3 Å². The highest BCUT2D eigenvalue weighted by molar-refractivity contribution is 8.00. The Bertz CT molecular complexity index is 1060. The summed E-state index contributed by atoms with van der Waals surface area (Å²) in [5, 5.41) is 23.8. The Balaban J connectivity index is 0.000000509. The van der Waals surface area contributed by atoms with Crippen molar-refractivity contribution in [2.45, 2.75) is 17.1 Å². The van der Waals surface area contributed by atoms with Crippen molar-refractivity contribution >= 4 is 57.7 Å². The maximum absolute atomic E-state index is 12.8. The standard InChI is InChI=1S/C14H16N6O5S2.C2HF3O2/c1-25-19-8(6-4-27-13(16)17-6)9(21)18-14(5-15)11(24)20-7(10(22)23)2-3-26-12(14)20;3-2(4,5)1(6)7/h2,4,12H,3,5,15H2,1H3,(H2,16,17)(H,18,21)(H,22,23);(H,6,7)/b19-8-;/t12-,14?;/m0./s1. The number of carboxylic acids is 2. The minimum atomic E-state index is -5.08. The lowest BCUT2D eigenvalue weighted by Gasteiger charge is -2.56. The number of fused-ring (bicyclic) bond motifs is 1. The van der Waals surface area contributed by atoms with Crippen LogP contribution in [0.3, 0.4) is 0 Å². The molecule has 18 heteroatoms. The molecule has 3 heterocycles. The van der Waals surface area contributed by atoms with Crippen LogP contribution in [0.5, 0.6) is 0 Å². The Morgan fingerprint density at radius 2 is 2.03 bits per heavy atom. The molecule has 2 amide bonds. The van der Waals surface area contributed by atoms with E-state index in [1.165, 1.54) is 30.3 Å². The molecule has 34 heavy (non-hydrogen) atoms. The van der Waals surface area contributed by atoms with Gasteiger partial charge in [0.1, 0.15) is 23.9 Å². The van der Waals surface area contributed by atoms with Gasteiger partial charge in [0.2, 0.25) is 0 Å². The quantitative estimate of drug-likeness (QED) is 0.179. The van der Waals surface area contributed by atoms with E-state index in [2.05, 4.69) is 15.5 Å². The molecule has 0 aliphatic carbocycles. The van der Waals surface area contributed by atoms with Gasteiger partial charge < -0.3 is 31.8 Å². The van der Waals surface area contributed by atoms with Gasteiger partial charge in [-0.15, -0.1) is 23.1 Å². The first kappa shape index (κ1) is 26.9. The van der Waals surface area contributed by atoms with E-state index in [0.29, 0.717) is 5.75 Å². The van der Waals surface area contributed by atoms with Gasteiger partial charge in [0.15, 0.2) is 16.4 Å². The Morgan fingerprint density at radius 3 is 2.47 bits per heavy atom. The predicted octanol–water partition coefficient (Wildman–Crippen LogP) is -0.594. The normalized spacial score (nSPS) is 21.9. The molecule has 0 spiro atoms. The molecule has 1 saturated heterocycles. The van der Waals surface area contributed by atoms with Crippen LogP contribution < -0.4 is 16.8 Å². The number of β-lactam (4-membered cyclic amide) rings is 1. The highest BCUT2D eigenvalue weighted by atomic mass is 32.2. The molecule has 1 aromatic heterocycles. The lowest BCUT2D eigenvalue weighted by molar-refractivity contribution is -0.192. The van der Waals surface area contributed by atoms with E-state index in [1.807, 2.05) is 0 Å². The number of thioether (sulfide) groups is 1. The Hall–Kier alpha value is -3.38. The molecule has 3 rings (SSSR count). The number of oxime groups is 1. The molecule has 186 valence electrons. The summed E-state index contributed by atoms with van der Waals surface area (Å²) < 4.78 is 31.7. The van der Waals surface area contributed by atoms with Crippen molar-refractivity contribution in [3.63, 3.8) is 0 Å². The third kappa shape index (κ3) is 5.23. The fourth-order valence-electron chi connectivity index (χ4n) is 2.85. The molecule has 7 N–H and O–H groups in total. The number of carbonyl (C=O) groups excluding carboxylic acids is 2.